The first-order chi connectivity index (χ1) is 9.19. The SMILES string of the molecule is CN=C(NCCc1cc(Cl)cc(Cl)c1)N1CCCC1. The van der Waals surface area contributed by atoms with Crippen molar-refractivity contribution < 1.29 is 0 Å². The lowest BCUT2D eigenvalue weighted by molar-refractivity contribution is 0.494. The van der Waals surface area contributed by atoms with Crippen LogP contribution in [0.1, 0.15) is 18.4 Å². The third-order valence-electron chi connectivity index (χ3n) is 3.24. The van der Waals surface area contributed by atoms with Gasteiger partial charge in [-0.3, -0.25) is 4.99 Å². The van der Waals surface area contributed by atoms with Crippen molar-refractivity contribution >= 4 is 29.2 Å². The summed E-state index contributed by atoms with van der Waals surface area (Å²) in [6.45, 7) is 3.03. The summed E-state index contributed by atoms with van der Waals surface area (Å²) in [6.07, 6.45) is 3.39. The smallest absolute Gasteiger partial charge is 0.193 e. The van der Waals surface area contributed by atoms with E-state index in [0.29, 0.717) is 10.0 Å². The van der Waals surface area contributed by atoms with Crippen LogP contribution in [0, 0.1) is 0 Å². The molecule has 2 rings (SSSR count). The van der Waals surface area contributed by atoms with E-state index in [-0.39, 0.29) is 0 Å². The van der Waals surface area contributed by atoms with Gasteiger partial charge in [0.15, 0.2) is 5.96 Å². The molecule has 1 aromatic rings. The molecule has 19 heavy (non-hydrogen) atoms. The third-order valence-corrected chi connectivity index (χ3v) is 3.67. The fourth-order valence-corrected chi connectivity index (χ4v) is 2.91. The summed E-state index contributed by atoms with van der Waals surface area (Å²) >= 11 is 12.0. The van der Waals surface area contributed by atoms with Gasteiger partial charge in [-0.2, -0.15) is 0 Å². The normalized spacial score (nSPS) is 15.9. The van der Waals surface area contributed by atoms with E-state index in [1.807, 2.05) is 19.2 Å². The lowest BCUT2D eigenvalue weighted by Crippen LogP contribution is -2.40. The first-order valence-electron chi connectivity index (χ1n) is 6.59. The van der Waals surface area contributed by atoms with Crippen LogP contribution in [0.2, 0.25) is 10.0 Å². The highest BCUT2D eigenvalue weighted by molar-refractivity contribution is 6.34. The fraction of sp³-hybridized carbons (Fsp3) is 0.500. The second kappa shape index (κ2) is 7.01. The second-order valence-corrected chi connectivity index (χ2v) is 5.57. The number of hydrogen-bond acceptors (Lipinski definition) is 1. The number of hydrogen-bond donors (Lipinski definition) is 1. The number of likely N-dealkylation sites (tertiary alicyclic amines) is 1. The van der Waals surface area contributed by atoms with E-state index < -0.39 is 0 Å². The molecule has 1 N–H and O–H groups in total. The van der Waals surface area contributed by atoms with Crippen molar-refractivity contribution in [2.45, 2.75) is 19.3 Å². The molecule has 0 bridgehead atoms. The Morgan fingerprint density at radius 3 is 2.42 bits per heavy atom. The molecule has 1 saturated heterocycles. The van der Waals surface area contributed by atoms with Gasteiger partial charge in [0.25, 0.3) is 0 Å². The van der Waals surface area contributed by atoms with Gasteiger partial charge < -0.3 is 10.2 Å². The van der Waals surface area contributed by atoms with Gasteiger partial charge in [-0.05, 0) is 43.0 Å². The van der Waals surface area contributed by atoms with Gasteiger partial charge in [-0.25, -0.2) is 0 Å². The molecule has 0 spiro atoms. The molecule has 1 fully saturated rings. The van der Waals surface area contributed by atoms with Crippen LogP contribution in [0.15, 0.2) is 23.2 Å². The minimum Gasteiger partial charge on any atom is -0.356 e. The van der Waals surface area contributed by atoms with Crippen LogP contribution in [0.4, 0.5) is 0 Å². The molecule has 0 unspecified atom stereocenters. The van der Waals surface area contributed by atoms with Crippen LogP contribution >= 0.6 is 23.2 Å². The molecule has 3 nitrogen and oxygen atoms in total. The van der Waals surface area contributed by atoms with Gasteiger partial charge in [0.05, 0.1) is 0 Å². The molecular weight excluding hydrogens is 281 g/mol. The van der Waals surface area contributed by atoms with Gasteiger partial charge in [0, 0.05) is 36.7 Å². The van der Waals surface area contributed by atoms with Crippen molar-refractivity contribution in [3.05, 3.63) is 33.8 Å². The predicted molar refractivity (Wildman–Crippen MR) is 82.3 cm³/mol. The maximum atomic E-state index is 5.99. The minimum absolute atomic E-state index is 0.687. The van der Waals surface area contributed by atoms with Crippen molar-refractivity contribution in [2.75, 3.05) is 26.7 Å². The summed E-state index contributed by atoms with van der Waals surface area (Å²) in [6, 6.07) is 5.66. The van der Waals surface area contributed by atoms with E-state index in [0.717, 1.165) is 37.6 Å². The monoisotopic (exact) mass is 299 g/mol. The molecule has 1 aliphatic heterocycles. The van der Waals surface area contributed by atoms with Crippen molar-refractivity contribution in [3.8, 4) is 0 Å². The molecular formula is C14H19Cl2N3. The van der Waals surface area contributed by atoms with Crippen LogP contribution < -0.4 is 5.32 Å². The first-order valence-corrected chi connectivity index (χ1v) is 7.35. The topological polar surface area (TPSA) is 27.6 Å². The van der Waals surface area contributed by atoms with E-state index in [1.165, 1.54) is 12.8 Å². The van der Waals surface area contributed by atoms with E-state index in [1.54, 1.807) is 6.07 Å². The first kappa shape index (κ1) is 14.5. The summed E-state index contributed by atoms with van der Waals surface area (Å²) in [4.78, 5) is 6.61. The fourth-order valence-electron chi connectivity index (χ4n) is 2.34. The third kappa shape index (κ3) is 4.29. The highest BCUT2D eigenvalue weighted by Gasteiger charge is 2.14. The number of nitrogens with zero attached hydrogens (tertiary/aromatic N) is 2. The Labute approximate surface area is 124 Å². The molecule has 1 heterocycles. The maximum absolute atomic E-state index is 5.99. The number of nitrogens with one attached hydrogen (secondary N) is 1. The van der Waals surface area contributed by atoms with Crippen LogP contribution in [-0.2, 0) is 6.42 Å². The molecule has 1 aromatic carbocycles. The lowest BCUT2D eigenvalue weighted by atomic mass is 10.1. The Morgan fingerprint density at radius 2 is 1.84 bits per heavy atom. The van der Waals surface area contributed by atoms with Crippen molar-refractivity contribution in [1.82, 2.24) is 10.2 Å². The highest BCUT2D eigenvalue weighted by atomic mass is 35.5. The summed E-state index contributed by atoms with van der Waals surface area (Å²) in [5.41, 5.74) is 1.14. The Morgan fingerprint density at radius 1 is 1.21 bits per heavy atom. The zero-order chi connectivity index (χ0) is 13.7. The standard InChI is InChI=1S/C14H19Cl2N3/c1-17-14(19-6-2-3-7-19)18-5-4-11-8-12(15)10-13(16)9-11/h8-10H,2-7H2,1H3,(H,17,18). The quantitative estimate of drug-likeness (QED) is 0.685. The summed E-state index contributed by atoms with van der Waals surface area (Å²) in [7, 11) is 1.83. The average Bonchev–Trinajstić information content (AvgIpc) is 2.87. The molecule has 0 aromatic heterocycles. The van der Waals surface area contributed by atoms with Crippen LogP contribution in [-0.4, -0.2) is 37.5 Å². The van der Waals surface area contributed by atoms with Crippen molar-refractivity contribution in [3.63, 3.8) is 0 Å². The van der Waals surface area contributed by atoms with E-state index in [2.05, 4.69) is 15.2 Å². The number of rotatable bonds is 3. The molecule has 5 heteroatoms. The zero-order valence-electron chi connectivity index (χ0n) is 11.1. The summed E-state index contributed by atoms with van der Waals surface area (Å²) < 4.78 is 0. The summed E-state index contributed by atoms with van der Waals surface area (Å²) in [5, 5.41) is 4.76. The molecule has 0 amide bonds. The van der Waals surface area contributed by atoms with E-state index in [4.69, 9.17) is 23.2 Å². The van der Waals surface area contributed by atoms with Gasteiger partial charge in [-0.15, -0.1) is 0 Å². The number of benzene rings is 1. The summed E-state index contributed by atoms with van der Waals surface area (Å²) in [5.74, 6) is 0.991. The second-order valence-electron chi connectivity index (χ2n) is 4.70. The highest BCUT2D eigenvalue weighted by Crippen LogP contribution is 2.19. The molecule has 0 radical (unpaired) electrons. The largest absolute Gasteiger partial charge is 0.356 e. The Hall–Kier alpha value is -0.930. The Kier molecular flexibility index (Phi) is 5.34. The van der Waals surface area contributed by atoms with Gasteiger partial charge >= 0.3 is 0 Å². The van der Waals surface area contributed by atoms with Gasteiger partial charge in [-0.1, -0.05) is 23.2 Å². The maximum Gasteiger partial charge on any atom is 0.193 e. The molecule has 1 aliphatic rings. The lowest BCUT2D eigenvalue weighted by Gasteiger charge is -2.20. The number of halogens is 2. The molecule has 0 aliphatic carbocycles. The van der Waals surface area contributed by atoms with Gasteiger partial charge in [0.2, 0.25) is 0 Å². The number of aliphatic imine (C=N–C) groups is 1. The molecule has 104 valence electrons. The van der Waals surface area contributed by atoms with Crippen molar-refractivity contribution in [1.29, 1.82) is 0 Å². The average molecular weight is 300 g/mol. The predicted octanol–water partition coefficient (Wildman–Crippen LogP) is 3.21. The van der Waals surface area contributed by atoms with Crippen LogP contribution in [0.25, 0.3) is 0 Å². The van der Waals surface area contributed by atoms with E-state index >= 15 is 0 Å². The number of guanidine groups is 1. The van der Waals surface area contributed by atoms with Crippen molar-refractivity contribution in [2.24, 2.45) is 4.99 Å². The van der Waals surface area contributed by atoms with E-state index in [9.17, 15) is 0 Å². The van der Waals surface area contributed by atoms with Crippen LogP contribution in [0.5, 0.6) is 0 Å². The van der Waals surface area contributed by atoms with Crippen LogP contribution in [0.3, 0.4) is 0 Å². The van der Waals surface area contributed by atoms with Gasteiger partial charge in [0.1, 0.15) is 0 Å². The zero-order valence-corrected chi connectivity index (χ0v) is 12.6. The minimum atomic E-state index is 0.687. The molecule has 0 atom stereocenters. The molecule has 0 saturated carbocycles. The Bertz CT molecular complexity index is 434. The Balaban J connectivity index is 1.85.